The van der Waals surface area contributed by atoms with E-state index in [1.165, 1.54) is 5.56 Å². The van der Waals surface area contributed by atoms with Gasteiger partial charge in [0.1, 0.15) is 6.54 Å². The Balaban J connectivity index is 0.00000625. The van der Waals surface area contributed by atoms with E-state index in [-0.39, 0.29) is 41.8 Å². The van der Waals surface area contributed by atoms with Crippen molar-refractivity contribution in [3.63, 3.8) is 0 Å². The molecular formula is C18H30BrIN4OS. The minimum absolute atomic E-state index is 0. The fourth-order valence-corrected chi connectivity index (χ4v) is 3.27. The van der Waals surface area contributed by atoms with Crippen molar-refractivity contribution in [3.05, 3.63) is 34.3 Å². The molecule has 1 amide bonds. The number of nitrogens with zero attached hydrogens (tertiary/aromatic N) is 2. The molecule has 0 unspecified atom stereocenters. The maximum absolute atomic E-state index is 11.8. The summed E-state index contributed by atoms with van der Waals surface area (Å²) in [6.45, 7) is 6.02. The van der Waals surface area contributed by atoms with Crippen molar-refractivity contribution in [2.75, 3.05) is 45.7 Å². The highest BCUT2D eigenvalue weighted by molar-refractivity contribution is 14.0. The molecule has 0 bridgehead atoms. The van der Waals surface area contributed by atoms with Crippen LogP contribution in [0, 0.1) is 0 Å². The molecule has 0 aliphatic heterocycles. The minimum Gasteiger partial charge on any atom is -0.356 e. The zero-order valence-electron chi connectivity index (χ0n) is 16.1. The number of rotatable bonds is 8. The Morgan fingerprint density at radius 2 is 1.92 bits per heavy atom. The van der Waals surface area contributed by atoms with Crippen LogP contribution in [0.15, 0.2) is 33.7 Å². The van der Waals surface area contributed by atoms with E-state index in [1.807, 2.05) is 12.1 Å². The van der Waals surface area contributed by atoms with Crippen molar-refractivity contribution >= 4 is 63.5 Å². The first kappa shape index (κ1) is 25.5. The molecule has 1 aromatic carbocycles. The summed E-state index contributed by atoms with van der Waals surface area (Å²) in [5.41, 5.74) is 1.14. The molecule has 5 nitrogen and oxygen atoms in total. The first-order chi connectivity index (χ1) is 11.8. The molecule has 2 N–H and O–H groups in total. The third-order valence-corrected chi connectivity index (χ3v) is 5.07. The lowest BCUT2D eigenvalue weighted by Gasteiger charge is -2.28. The fraction of sp³-hybridized carbons (Fsp3) is 0.556. The second kappa shape index (κ2) is 12.8. The molecule has 0 aromatic heterocycles. The van der Waals surface area contributed by atoms with E-state index in [2.05, 4.69) is 63.8 Å². The summed E-state index contributed by atoms with van der Waals surface area (Å²) in [5.74, 6) is 1.64. The fourth-order valence-electron chi connectivity index (χ4n) is 2.14. The van der Waals surface area contributed by atoms with Gasteiger partial charge in [0, 0.05) is 42.8 Å². The summed E-state index contributed by atoms with van der Waals surface area (Å²) in [4.78, 5) is 17.8. The number of nitrogens with one attached hydrogen (secondary N) is 2. The van der Waals surface area contributed by atoms with Crippen molar-refractivity contribution in [2.24, 2.45) is 4.99 Å². The monoisotopic (exact) mass is 556 g/mol. The Morgan fingerprint density at radius 3 is 2.50 bits per heavy atom. The van der Waals surface area contributed by atoms with Gasteiger partial charge in [0.05, 0.1) is 0 Å². The highest BCUT2D eigenvalue weighted by Gasteiger charge is 2.23. The summed E-state index contributed by atoms with van der Waals surface area (Å²) >= 11 is 5.40. The Hall–Kier alpha value is -0.480. The molecular weight excluding hydrogens is 527 g/mol. The van der Waals surface area contributed by atoms with Gasteiger partial charge in [-0.25, -0.2) is 4.99 Å². The van der Waals surface area contributed by atoms with Crippen LogP contribution in [0.25, 0.3) is 0 Å². The van der Waals surface area contributed by atoms with Crippen molar-refractivity contribution in [3.8, 4) is 0 Å². The van der Waals surface area contributed by atoms with Gasteiger partial charge in [0.25, 0.3) is 0 Å². The molecule has 1 rings (SSSR count). The van der Waals surface area contributed by atoms with Gasteiger partial charge in [-0.05, 0) is 17.9 Å². The molecule has 0 atom stereocenters. The zero-order chi connectivity index (χ0) is 18.9. The number of carbonyl (C=O) groups is 1. The van der Waals surface area contributed by atoms with E-state index in [0.717, 1.165) is 16.8 Å². The van der Waals surface area contributed by atoms with Crippen LogP contribution in [-0.2, 0) is 10.2 Å². The number of benzene rings is 1. The van der Waals surface area contributed by atoms with Gasteiger partial charge < -0.3 is 15.5 Å². The number of hydrogen-bond donors (Lipinski definition) is 2. The largest absolute Gasteiger partial charge is 0.356 e. The van der Waals surface area contributed by atoms with E-state index in [1.54, 1.807) is 30.8 Å². The normalized spacial score (nSPS) is 11.5. The standard InChI is InChI=1S/C18H29BrN4OS.HI/c1-18(2,14-8-6-7-9-15(14)19)13-22-17(20-10-11-25-5)21-12-16(24)23(3)4;/h6-9H,10-13H2,1-5H3,(H2,20,21,22);1H. The SMILES string of the molecule is CSCCNC(=NCC(=O)N(C)C)NCC(C)(C)c1ccccc1Br.I. The van der Waals surface area contributed by atoms with Crippen LogP contribution in [0.5, 0.6) is 0 Å². The smallest absolute Gasteiger partial charge is 0.243 e. The van der Waals surface area contributed by atoms with Gasteiger partial charge in [-0.3, -0.25) is 4.79 Å². The van der Waals surface area contributed by atoms with Crippen molar-refractivity contribution in [1.82, 2.24) is 15.5 Å². The average molecular weight is 557 g/mol. The predicted octanol–water partition coefficient (Wildman–Crippen LogP) is 3.33. The molecule has 1 aromatic rings. The molecule has 0 aliphatic carbocycles. The molecule has 0 fully saturated rings. The lowest BCUT2D eigenvalue weighted by molar-refractivity contribution is -0.127. The number of halogens is 2. The van der Waals surface area contributed by atoms with E-state index < -0.39 is 0 Å². The molecule has 0 aliphatic rings. The highest BCUT2D eigenvalue weighted by Crippen LogP contribution is 2.29. The Labute approximate surface area is 187 Å². The number of aliphatic imine (C=N–C) groups is 1. The first-order valence-electron chi connectivity index (χ1n) is 8.24. The van der Waals surface area contributed by atoms with Gasteiger partial charge in [-0.15, -0.1) is 24.0 Å². The number of thioether (sulfide) groups is 1. The zero-order valence-corrected chi connectivity index (χ0v) is 20.9. The molecule has 0 spiro atoms. The van der Waals surface area contributed by atoms with Crippen LogP contribution in [0.1, 0.15) is 19.4 Å². The lowest BCUT2D eigenvalue weighted by Crippen LogP contribution is -2.44. The van der Waals surface area contributed by atoms with E-state index in [0.29, 0.717) is 12.5 Å². The Bertz CT molecular complexity index is 596. The maximum Gasteiger partial charge on any atom is 0.243 e. The van der Waals surface area contributed by atoms with E-state index >= 15 is 0 Å². The predicted molar refractivity (Wildman–Crippen MR) is 128 cm³/mol. The molecule has 0 saturated carbocycles. The van der Waals surface area contributed by atoms with Crippen molar-refractivity contribution in [1.29, 1.82) is 0 Å². The number of likely N-dealkylation sites (N-methyl/N-ethyl adjacent to an activating group) is 1. The van der Waals surface area contributed by atoms with Crippen LogP contribution in [0.3, 0.4) is 0 Å². The summed E-state index contributed by atoms with van der Waals surface area (Å²) in [7, 11) is 3.48. The summed E-state index contributed by atoms with van der Waals surface area (Å²) in [6, 6.07) is 8.24. The molecule has 0 heterocycles. The van der Waals surface area contributed by atoms with Crippen LogP contribution in [0.2, 0.25) is 0 Å². The number of guanidine groups is 1. The third-order valence-electron chi connectivity index (χ3n) is 3.77. The van der Waals surface area contributed by atoms with Gasteiger partial charge in [0.15, 0.2) is 5.96 Å². The minimum atomic E-state index is -0.0897. The van der Waals surface area contributed by atoms with Crippen LogP contribution in [-0.4, -0.2) is 62.5 Å². The molecule has 26 heavy (non-hydrogen) atoms. The summed E-state index contributed by atoms with van der Waals surface area (Å²) in [6.07, 6.45) is 2.07. The van der Waals surface area contributed by atoms with Gasteiger partial charge in [0.2, 0.25) is 5.91 Å². The molecule has 0 radical (unpaired) electrons. The Morgan fingerprint density at radius 1 is 1.27 bits per heavy atom. The van der Waals surface area contributed by atoms with Gasteiger partial charge in [-0.1, -0.05) is 48.0 Å². The van der Waals surface area contributed by atoms with Crippen LogP contribution >= 0.6 is 51.7 Å². The number of hydrogen-bond acceptors (Lipinski definition) is 3. The highest BCUT2D eigenvalue weighted by atomic mass is 127. The van der Waals surface area contributed by atoms with Crippen molar-refractivity contribution < 1.29 is 4.79 Å². The second-order valence-corrected chi connectivity index (χ2v) is 8.43. The topological polar surface area (TPSA) is 56.7 Å². The molecule has 0 saturated heterocycles. The maximum atomic E-state index is 11.8. The van der Waals surface area contributed by atoms with Crippen LogP contribution < -0.4 is 10.6 Å². The summed E-state index contributed by atoms with van der Waals surface area (Å²) < 4.78 is 1.10. The summed E-state index contributed by atoms with van der Waals surface area (Å²) in [5, 5.41) is 6.67. The number of amides is 1. The lowest BCUT2D eigenvalue weighted by atomic mass is 9.84. The first-order valence-corrected chi connectivity index (χ1v) is 10.4. The van der Waals surface area contributed by atoms with E-state index in [9.17, 15) is 4.79 Å². The van der Waals surface area contributed by atoms with Gasteiger partial charge in [-0.2, -0.15) is 11.8 Å². The number of carbonyl (C=O) groups excluding carboxylic acids is 1. The van der Waals surface area contributed by atoms with Crippen LogP contribution in [0.4, 0.5) is 0 Å². The second-order valence-electron chi connectivity index (χ2n) is 6.59. The third kappa shape index (κ3) is 8.94. The van der Waals surface area contributed by atoms with E-state index in [4.69, 9.17) is 0 Å². The Kier molecular flexibility index (Phi) is 12.6. The molecule has 148 valence electrons. The van der Waals surface area contributed by atoms with Crippen molar-refractivity contribution in [2.45, 2.75) is 19.3 Å². The molecule has 8 heteroatoms. The quantitative estimate of drug-likeness (QED) is 0.223. The average Bonchev–Trinajstić information content (AvgIpc) is 2.56. The van der Waals surface area contributed by atoms with Gasteiger partial charge >= 0.3 is 0 Å².